The lowest BCUT2D eigenvalue weighted by molar-refractivity contribution is -0.132. The van der Waals surface area contributed by atoms with Crippen LogP contribution in [0.15, 0.2) is 36.4 Å². The van der Waals surface area contributed by atoms with Crippen LogP contribution in [0.4, 0.5) is 10.5 Å². The monoisotopic (exact) mass is 250 g/mol. The molecule has 0 spiro atoms. The number of amides is 2. The molecule has 0 atom stereocenters. The van der Waals surface area contributed by atoms with Gasteiger partial charge in [0, 0.05) is 23.9 Å². The molecule has 0 radical (unpaired) electrons. The molecule has 96 valence electrons. The normalized spacial score (nSPS) is 9.56. The molecule has 1 aromatic carbocycles. The highest BCUT2D eigenvalue weighted by molar-refractivity contribution is 5.89. The van der Waals surface area contributed by atoms with Gasteiger partial charge in [-0.05, 0) is 18.6 Å². The number of urea groups is 1. The lowest BCUT2D eigenvalue weighted by atomic mass is 10.2. The molecule has 18 heavy (non-hydrogen) atoms. The van der Waals surface area contributed by atoms with Crippen LogP contribution >= 0.6 is 0 Å². The third-order valence-corrected chi connectivity index (χ3v) is 2.12. The van der Waals surface area contributed by atoms with Crippen molar-refractivity contribution in [2.45, 2.75) is 6.42 Å². The van der Waals surface area contributed by atoms with Crippen LogP contribution in [0.2, 0.25) is 0 Å². The fourth-order valence-electron chi connectivity index (χ4n) is 1.19. The summed E-state index contributed by atoms with van der Waals surface area (Å²) in [6.07, 6.45) is 0.169. The van der Waals surface area contributed by atoms with Crippen molar-refractivity contribution in [3.63, 3.8) is 0 Å². The first-order valence-electron chi connectivity index (χ1n) is 5.24. The van der Waals surface area contributed by atoms with Gasteiger partial charge in [-0.2, -0.15) is 0 Å². The highest BCUT2D eigenvalue weighted by atomic mass is 16.4. The Bertz CT molecular complexity index is 471. The molecule has 0 aliphatic rings. The number of phenolic OH excluding ortho intramolecular Hbond substituents is 1. The van der Waals surface area contributed by atoms with E-state index in [1.165, 1.54) is 12.1 Å². The van der Waals surface area contributed by atoms with Crippen molar-refractivity contribution in [3.8, 4) is 5.75 Å². The summed E-state index contributed by atoms with van der Waals surface area (Å²) < 4.78 is 0. The molecule has 0 aliphatic carbocycles. The van der Waals surface area contributed by atoms with Crippen LogP contribution in [0.25, 0.3) is 0 Å². The van der Waals surface area contributed by atoms with E-state index in [1.54, 1.807) is 12.1 Å². The Labute approximate surface area is 104 Å². The average molecular weight is 250 g/mol. The summed E-state index contributed by atoms with van der Waals surface area (Å²) in [6.45, 7) is 3.52. The number of carbonyl (C=O) groups excluding carboxylic acids is 1. The number of carboxylic acids is 1. The van der Waals surface area contributed by atoms with Gasteiger partial charge in [0.15, 0.2) is 0 Å². The van der Waals surface area contributed by atoms with Crippen LogP contribution in [-0.4, -0.2) is 28.8 Å². The predicted octanol–water partition coefficient (Wildman–Crippen LogP) is 1.54. The van der Waals surface area contributed by atoms with Gasteiger partial charge in [-0.15, -0.1) is 0 Å². The summed E-state index contributed by atoms with van der Waals surface area (Å²) in [6, 6.07) is 5.63. The van der Waals surface area contributed by atoms with Gasteiger partial charge in [0.2, 0.25) is 0 Å². The van der Waals surface area contributed by atoms with E-state index < -0.39 is 12.0 Å². The van der Waals surface area contributed by atoms with Crippen molar-refractivity contribution in [1.29, 1.82) is 0 Å². The molecule has 0 aromatic heterocycles. The van der Waals surface area contributed by atoms with Gasteiger partial charge in [0.05, 0.1) is 0 Å². The lowest BCUT2D eigenvalue weighted by Gasteiger charge is -2.07. The molecule has 1 aromatic rings. The van der Waals surface area contributed by atoms with E-state index in [9.17, 15) is 14.7 Å². The largest absolute Gasteiger partial charge is 0.508 e. The fraction of sp³-hybridized carbons (Fsp3) is 0.167. The molecule has 6 heteroatoms. The number of nitrogens with one attached hydrogen (secondary N) is 2. The van der Waals surface area contributed by atoms with Crippen molar-refractivity contribution >= 4 is 17.7 Å². The second-order valence-corrected chi connectivity index (χ2v) is 3.59. The first-order valence-corrected chi connectivity index (χ1v) is 5.24. The highest BCUT2D eigenvalue weighted by Crippen LogP contribution is 2.14. The molecule has 1 rings (SSSR count). The molecule has 0 unspecified atom stereocenters. The standard InChI is InChI=1S/C12H14N2O4/c1-8(11(16)17)5-6-13-12(18)14-9-3-2-4-10(15)7-9/h2-4,7,15H,1,5-6H2,(H,16,17)(H2,13,14,18). The van der Waals surface area contributed by atoms with Gasteiger partial charge in [-0.25, -0.2) is 9.59 Å². The maximum atomic E-state index is 11.4. The zero-order valence-corrected chi connectivity index (χ0v) is 9.64. The van der Waals surface area contributed by atoms with Crippen LogP contribution in [0.1, 0.15) is 6.42 Å². The summed E-state index contributed by atoms with van der Waals surface area (Å²) >= 11 is 0. The van der Waals surface area contributed by atoms with E-state index in [4.69, 9.17) is 5.11 Å². The minimum absolute atomic E-state index is 0.0349. The predicted molar refractivity (Wildman–Crippen MR) is 66.5 cm³/mol. The van der Waals surface area contributed by atoms with Crippen LogP contribution < -0.4 is 10.6 Å². The summed E-state index contributed by atoms with van der Waals surface area (Å²) in [5.74, 6) is -1.03. The number of hydrogen-bond acceptors (Lipinski definition) is 3. The van der Waals surface area contributed by atoms with Crippen molar-refractivity contribution in [2.24, 2.45) is 0 Å². The molecule has 0 heterocycles. The topological polar surface area (TPSA) is 98.7 Å². The molecule has 0 saturated carbocycles. The Kier molecular flexibility index (Phi) is 4.74. The Balaban J connectivity index is 2.34. The van der Waals surface area contributed by atoms with Crippen LogP contribution in [-0.2, 0) is 4.79 Å². The van der Waals surface area contributed by atoms with Gasteiger partial charge >= 0.3 is 12.0 Å². The maximum absolute atomic E-state index is 11.4. The number of anilines is 1. The van der Waals surface area contributed by atoms with Gasteiger partial charge in [-0.1, -0.05) is 12.6 Å². The van der Waals surface area contributed by atoms with Crippen molar-refractivity contribution in [1.82, 2.24) is 5.32 Å². The molecule has 0 aliphatic heterocycles. The summed E-state index contributed by atoms with van der Waals surface area (Å²) in [4.78, 5) is 21.8. The molecule has 0 saturated heterocycles. The number of aliphatic carboxylic acids is 1. The van der Waals surface area contributed by atoms with Gasteiger partial charge in [0.1, 0.15) is 5.75 Å². The second-order valence-electron chi connectivity index (χ2n) is 3.59. The molecule has 2 amide bonds. The minimum Gasteiger partial charge on any atom is -0.508 e. The van der Waals surface area contributed by atoms with E-state index in [1.807, 2.05) is 0 Å². The van der Waals surface area contributed by atoms with Crippen molar-refractivity contribution < 1.29 is 19.8 Å². The van der Waals surface area contributed by atoms with E-state index in [0.29, 0.717) is 5.69 Å². The fourth-order valence-corrected chi connectivity index (χ4v) is 1.19. The van der Waals surface area contributed by atoms with Crippen molar-refractivity contribution in [3.05, 3.63) is 36.4 Å². The number of carbonyl (C=O) groups is 2. The number of rotatable bonds is 5. The molecular formula is C12H14N2O4. The Morgan fingerprint density at radius 1 is 1.33 bits per heavy atom. The summed E-state index contributed by atoms with van der Waals surface area (Å²) in [5, 5.41) is 22.7. The first-order chi connectivity index (χ1) is 8.49. The van der Waals surface area contributed by atoms with Crippen LogP contribution in [0, 0.1) is 0 Å². The Hall–Kier alpha value is -2.50. The van der Waals surface area contributed by atoms with Crippen molar-refractivity contribution in [2.75, 3.05) is 11.9 Å². The quantitative estimate of drug-likeness (QED) is 0.596. The number of phenols is 1. The number of hydrogen-bond donors (Lipinski definition) is 4. The van der Waals surface area contributed by atoms with E-state index >= 15 is 0 Å². The van der Waals surface area contributed by atoms with Gasteiger partial charge in [0.25, 0.3) is 0 Å². The highest BCUT2D eigenvalue weighted by Gasteiger charge is 2.05. The minimum atomic E-state index is -1.08. The summed E-state index contributed by atoms with van der Waals surface area (Å²) in [7, 11) is 0. The van der Waals surface area contributed by atoms with E-state index in [2.05, 4.69) is 17.2 Å². The average Bonchev–Trinajstić information content (AvgIpc) is 2.28. The van der Waals surface area contributed by atoms with Gasteiger partial charge < -0.3 is 20.8 Å². The molecule has 6 nitrogen and oxygen atoms in total. The Morgan fingerprint density at radius 2 is 2.06 bits per heavy atom. The molecule has 4 N–H and O–H groups in total. The van der Waals surface area contributed by atoms with E-state index in [-0.39, 0.29) is 24.3 Å². The van der Waals surface area contributed by atoms with Crippen LogP contribution in [0.3, 0.4) is 0 Å². The zero-order valence-electron chi connectivity index (χ0n) is 9.64. The zero-order chi connectivity index (χ0) is 13.5. The lowest BCUT2D eigenvalue weighted by Crippen LogP contribution is -2.30. The number of benzene rings is 1. The smallest absolute Gasteiger partial charge is 0.331 e. The third kappa shape index (κ3) is 4.56. The number of aromatic hydroxyl groups is 1. The van der Waals surface area contributed by atoms with Gasteiger partial charge in [-0.3, -0.25) is 0 Å². The molecule has 0 bridgehead atoms. The second kappa shape index (κ2) is 6.29. The van der Waals surface area contributed by atoms with Crippen LogP contribution in [0.5, 0.6) is 5.75 Å². The SMILES string of the molecule is C=C(CCNC(=O)Nc1cccc(O)c1)C(=O)O. The maximum Gasteiger partial charge on any atom is 0.331 e. The summed E-state index contributed by atoms with van der Waals surface area (Å²) in [5.41, 5.74) is 0.484. The molecular weight excluding hydrogens is 236 g/mol. The van der Waals surface area contributed by atoms with E-state index in [0.717, 1.165) is 0 Å². The first kappa shape index (κ1) is 13.6. The Morgan fingerprint density at radius 3 is 2.67 bits per heavy atom. The molecule has 0 fully saturated rings. The number of carboxylic acid groups (broad SMARTS) is 1. The third-order valence-electron chi connectivity index (χ3n) is 2.12.